The molecule has 3 nitrogen and oxygen atoms in total. The van der Waals surface area contributed by atoms with Crippen molar-refractivity contribution >= 4 is 11.5 Å². The van der Waals surface area contributed by atoms with Crippen molar-refractivity contribution in [1.82, 2.24) is 0 Å². The molecule has 2 N–H and O–H groups in total. The minimum Gasteiger partial charge on any atom is -0.495 e. The van der Waals surface area contributed by atoms with E-state index in [9.17, 15) is 9.18 Å². The number of halogens is 1. The van der Waals surface area contributed by atoms with E-state index in [1.54, 1.807) is 25.1 Å². The number of ketones is 1. The molecule has 98 valence electrons. The number of benzene rings is 2. The maximum absolute atomic E-state index is 13.2. The number of hydrogen-bond donors (Lipinski definition) is 1. The van der Waals surface area contributed by atoms with Crippen molar-refractivity contribution in [3.63, 3.8) is 0 Å². The Hall–Kier alpha value is -2.36. The summed E-state index contributed by atoms with van der Waals surface area (Å²) in [4.78, 5) is 12.2. The number of aryl methyl sites for hydroxylation is 1. The molecule has 0 saturated carbocycles. The summed E-state index contributed by atoms with van der Waals surface area (Å²) >= 11 is 0. The smallest absolute Gasteiger partial charge is 0.193 e. The van der Waals surface area contributed by atoms with Gasteiger partial charge in [0.1, 0.15) is 11.6 Å². The monoisotopic (exact) mass is 259 g/mol. The SMILES string of the molecule is COc1ccc(C(=O)c2ccc(F)c(C)c2)cc1N. The third-order valence-electron chi connectivity index (χ3n) is 2.91. The number of methoxy groups -OCH3 is 1. The molecule has 0 radical (unpaired) electrons. The zero-order valence-corrected chi connectivity index (χ0v) is 10.7. The number of carbonyl (C=O) groups is 1. The fourth-order valence-electron chi connectivity index (χ4n) is 1.83. The van der Waals surface area contributed by atoms with Gasteiger partial charge in [-0.3, -0.25) is 4.79 Å². The topological polar surface area (TPSA) is 52.3 Å². The molecular weight excluding hydrogens is 245 g/mol. The first-order chi connectivity index (χ1) is 9.02. The minimum absolute atomic E-state index is 0.197. The lowest BCUT2D eigenvalue weighted by Gasteiger charge is -2.07. The molecule has 2 aromatic rings. The van der Waals surface area contributed by atoms with E-state index < -0.39 is 0 Å². The molecule has 0 spiro atoms. The second kappa shape index (κ2) is 5.10. The largest absolute Gasteiger partial charge is 0.495 e. The van der Waals surface area contributed by atoms with Crippen molar-refractivity contribution in [2.75, 3.05) is 12.8 Å². The van der Waals surface area contributed by atoms with Crippen molar-refractivity contribution in [3.8, 4) is 5.75 Å². The summed E-state index contributed by atoms with van der Waals surface area (Å²) in [5.41, 5.74) is 7.48. The minimum atomic E-state index is -0.328. The van der Waals surface area contributed by atoms with E-state index >= 15 is 0 Å². The molecule has 0 aromatic heterocycles. The maximum Gasteiger partial charge on any atom is 0.193 e. The standard InChI is InChI=1S/C15H14FNO2/c1-9-7-10(3-5-12(9)16)15(18)11-4-6-14(19-2)13(17)8-11/h3-8H,17H2,1-2H3. The predicted octanol–water partition coefficient (Wildman–Crippen LogP) is 2.96. The lowest BCUT2D eigenvalue weighted by molar-refractivity contribution is 0.103. The second-order valence-corrected chi connectivity index (χ2v) is 4.25. The molecule has 2 aromatic carbocycles. The summed E-state index contributed by atoms with van der Waals surface area (Å²) in [6.07, 6.45) is 0. The van der Waals surface area contributed by atoms with Crippen LogP contribution in [0.3, 0.4) is 0 Å². The molecule has 0 aliphatic heterocycles. The number of hydrogen-bond acceptors (Lipinski definition) is 3. The Balaban J connectivity index is 2.38. The summed E-state index contributed by atoms with van der Waals surface area (Å²) in [7, 11) is 1.51. The number of nitrogen functional groups attached to an aromatic ring is 1. The number of ether oxygens (including phenoxy) is 1. The average Bonchev–Trinajstić information content (AvgIpc) is 2.41. The highest BCUT2D eigenvalue weighted by molar-refractivity contribution is 6.09. The first-order valence-corrected chi connectivity index (χ1v) is 5.77. The number of anilines is 1. The first kappa shape index (κ1) is 13.1. The zero-order chi connectivity index (χ0) is 14.0. The van der Waals surface area contributed by atoms with Crippen molar-refractivity contribution in [2.45, 2.75) is 6.92 Å². The molecule has 0 amide bonds. The van der Waals surface area contributed by atoms with Gasteiger partial charge in [-0.25, -0.2) is 4.39 Å². The van der Waals surface area contributed by atoms with Gasteiger partial charge < -0.3 is 10.5 Å². The van der Waals surface area contributed by atoms with Crippen molar-refractivity contribution < 1.29 is 13.9 Å². The molecule has 0 aliphatic rings. The van der Waals surface area contributed by atoms with Crippen LogP contribution in [0.4, 0.5) is 10.1 Å². The highest BCUT2D eigenvalue weighted by Crippen LogP contribution is 2.23. The molecule has 0 heterocycles. The quantitative estimate of drug-likeness (QED) is 0.681. The summed E-state index contributed by atoms with van der Waals surface area (Å²) in [5.74, 6) is -0.00455. The van der Waals surface area contributed by atoms with Crippen molar-refractivity contribution in [3.05, 3.63) is 58.9 Å². The van der Waals surface area contributed by atoms with Crippen molar-refractivity contribution in [2.24, 2.45) is 0 Å². The molecule has 0 unspecified atom stereocenters. The van der Waals surface area contributed by atoms with Gasteiger partial charge in [0.2, 0.25) is 0 Å². The van der Waals surface area contributed by atoms with E-state index in [-0.39, 0.29) is 11.6 Å². The van der Waals surface area contributed by atoms with E-state index in [1.807, 2.05) is 0 Å². The summed E-state index contributed by atoms with van der Waals surface area (Å²) in [6, 6.07) is 9.10. The lowest BCUT2D eigenvalue weighted by Crippen LogP contribution is -2.04. The summed E-state index contributed by atoms with van der Waals surface area (Å²) in [6.45, 7) is 1.62. The van der Waals surface area contributed by atoms with Gasteiger partial charge in [0.05, 0.1) is 12.8 Å². The molecule has 19 heavy (non-hydrogen) atoms. The Kier molecular flexibility index (Phi) is 3.51. The molecule has 0 aliphatic carbocycles. The first-order valence-electron chi connectivity index (χ1n) is 5.77. The predicted molar refractivity (Wildman–Crippen MR) is 72.0 cm³/mol. The molecule has 4 heteroatoms. The number of nitrogens with two attached hydrogens (primary N) is 1. The maximum atomic E-state index is 13.2. The van der Waals surface area contributed by atoms with Crippen LogP contribution in [0.2, 0.25) is 0 Å². The molecule has 0 atom stereocenters. The van der Waals surface area contributed by atoms with Crippen LogP contribution in [-0.4, -0.2) is 12.9 Å². The fraction of sp³-hybridized carbons (Fsp3) is 0.133. The number of rotatable bonds is 3. The van der Waals surface area contributed by atoms with E-state index in [4.69, 9.17) is 10.5 Å². The van der Waals surface area contributed by atoms with Gasteiger partial charge in [-0.1, -0.05) is 0 Å². The normalized spacial score (nSPS) is 10.3. The molecular formula is C15H14FNO2. The van der Waals surface area contributed by atoms with Gasteiger partial charge >= 0.3 is 0 Å². The Bertz CT molecular complexity index is 638. The van der Waals surface area contributed by atoms with Crippen LogP contribution < -0.4 is 10.5 Å². The van der Waals surface area contributed by atoms with Crippen LogP contribution in [-0.2, 0) is 0 Å². The Morgan fingerprint density at radius 1 is 1.16 bits per heavy atom. The zero-order valence-electron chi connectivity index (χ0n) is 10.7. The van der Waals surface area contributed by atoms with Crippen LogP contribution in [0, 0.1) is 12.7 Å². The third kappa shape index (κ3) is 2.57. The van der Waals surface area contributed by atoms with Crippen LogP contribution >= 0.6 is 0 Å². The van der Waals surface area contributed by atoms with Crippen LogP contribution in [0.15, 0.2) is 36.4 Å². The Morgan fingerprint density at radius 2 is 1.79 bits per heavy atom. The number of carbonyl (C=O) groups excluding carboxylic acids is 1. The second-order valence-electron chi connectivity index (χ2n) is 4.25. The van der Waals surface area contributed by atoms with E-state index in [0.717, 1.165) is 0 Å². The van der Waals surface area contributed by atoms with E-state index in [0.29, 0.717) is 28.1 Å². The molecule has 2 rings (SSSR count). The Morgan fingerprint density at radius 3 is 2.37 bits per heavy atom. The van der Waals surface area contributed by atoms with Gasteiger partial charge in [0, 0.05) is 11.1 Å². The molecule has 0 saturated heterocycles. The molecule has 0 bridgehead atoms. The van der Waals surface area contributed by atoms with E-state index in [1.165, 1.54) is 25.3 Å². The highest BCUT2D eigenvalue weighted by Gasteiger charge is 2.12. The lowest BCUT2D eigenvalue weighted by atomic mass is 10.0. The van der Waals surface area contributed by atoms with Gasteiger partial charge in [-0.05, 0) is 48.9 Å². The van der Waals surface area contributed by atoms with Crippen LogP contribution in [0.5, 0.6) is 5.75 Å². The van der Waals surface area contributed by atoms with Crippen molar-refractivity contribution in [1.29, 1.82) is 0 Å². The van der Waals surface area contributed by atoms with Gasteiger partial charge in [-0.2, -0.15) is 0 Å². The van der Waals surface area contributed by atoms with Gasteiger partial charge in [0.25, 0.3) is 0 Å². The average molecular weight is 259 g/mol. The van der Waals surface area contributed by atoms with Crippen LogP contribution in [0.1, 0.15) is 21.5 Å². The van der Waals surface area contributed by atoms with Gasteiger partial charge in [-0.15, -0.1) is 0 Å². The highest BCUT2D eigenvalue weighted by atomic mass is 19.1. The van der Waals surface area contributed by atoms with E-state index in [2.05, 4.69) is 0 Å². The van der Waals surface area contributed by atoms with Crippen LogP contribution in [0.25, 0.3) is 0 Å². The Labute approximate surface area is 110 Å². The van der Waals surface area contributed by atoms with Gasteiger partial charge in [0.15, 0.2) is 5.78 Å². The fourth-order valence-corrected chi connectivity index (χ4v) is 1.83. The summed E-state index contributed by atoms with van der Waals surface area (Å²) in [5, 5.41) is 0. The third-order valence-corrected chi connectivity index (χ3v) is 2.91. The molecule has 0 fully saturated rings. The summed E-state index contributed by atoms with van der Waals surface area (Å²) < 4.78 is 18.2.